The van der Waals surface area contributed by atoms with Gasteiger partial charge in [-0.2, -0.15) is 0 Å². The Kier molecular flexibility index (Phi) is 6.01. The van der Waals surface area contributed by atoms with Crippen molar-refractivity contribution in [1.82, 2.24) is 15.1 Å². The maximum Gasteiger partial charge on any atom is 0.255 e. The molecule has 1 aromatic rings. The number of ether oxygens (including phenoxy) is 2. The third kappa shape index (κ3) is 3.94. The summed E-state index contributed by atoms with van der Waals surface area (Å²) in [6.07, 6.45) is 1.37. The number of carbonyl (C=O) groups is 2. The number of hydrogen-bond acceptors (Lipinski definition) is 5. The summed E-state index contributed by atoms with van der Waals surface area (Å²) in [5, 5.41) is 3.27. The molecular formula is C20H29N3O4. The van der Waals surface area contributed by atoms with E-state index in [1.165, 1.54) is 0 Å². The highest BCUT2D eigenvalue weighted by molar-refractivity contribution is 5.95. The zero-order valence-corrected chi connectivity index (χ0v) is 16.4. The number of benzene rings is 1. The van der Waals surface area contributed by atoms with Crippen LogP contribution in [-0.2, 0) is 9.53 Å². The summed E-state index contributed by atoms with van der Waals surface area (Å²) >= 11 is 0. The number of piperidine rings is 1. The van der Waals surface area contributed by atoms with Crippen LogP contribution >= 0.6 is 0 Å². The number of carbonyl (C=O) groups excluding carboxylic acids is 2. The quantitative estimate of drug-likeness (QED) is 0.852. The number of rotatable bonds is 4. The molecule has 0 unspecified atom stereocenters. The first kappa shape index (κ1) is 19.6. The van der Waals surface area contributed by atoms with Gasteiger partial charge in [-0.05, 0) is 50.6 Å². The zero-order valence-electron chi connectivity index (χ0n) is 16.4. The Morgan fingerprint density at radius 2 is 1.67 bits per heavy atom. The highest BCUT2D eigenvalue weighted by Crippen LogP contribution is 2.26. The normalized spacial score (nSPS) is 19.7. The Labute approximate surface area is 160 Å². The molecule has 0 aromatic heterocycles. The molecule has 0 saturated carbocycles. The van der Waals surface area contributed by atoms with Crippen LogP contribution in [0.5, 0.6) is 5.75 Å². The van der Waals surface area contributed by atoms with E-state index >= 15 is 0 Å². The van der Waals surface area contributed by atoms with Gasteiger partial charge in [-0.15, -0.1) is 0 Å². The minimum atomic E-state index is -0.720. The number of piperazine rings is 1. The maximum atomic E-state index is 13.0. The summed E-state index contributed by atoms with van der Waals surface area (Å²) in [7, 11) is 3.22. The van der Waals surface area contributed by atoms with Crippen molar-refractivity contribution in [1.29, 1.82) is 0 Å². The van der Waals surface area contributed by atoms with E-state index < -0.39 is 5.60 Å². The van der Waals surface area contributed by atoms with Crippen LogP contribution in [-0.4, -0.2) is 80.7 Å². The Balaban J connectivity index is 1.63. The fourth-order valence-corrected chi connectivity index (χ4v) is 3.87. The van der Waals surface area contributed by atoms with Crippen LogP contribution in [0.15, 0.2) is 18.2 Å². The van der Waals surface area contributed by atoms with Crippen molar-refractivity contribution >= 4 is 11.8 Å². The van der Waals surface area contributed by atoms with Crippen molar-refractivity contribution in [2.24, 2.45) is 0 Å². The Morgan fingerprint density at radius 1 is 1.04 bits per heavy atom. The molecule has 0 bridgehead atoms. The molecule has 148 valence electrons. The van der Waals surface area contributed by atoms with Gasteiger partial charge < -0.3 is 24.6 Å². The standard InChI is InChI=1S/C20H29N3O4/c1-15-4-5-16(14-17(15)26-2)18(24)22-10-12-23(13-11-22)19(25)20(27-3)6-8-21-9-7-20/h4-5,14,21H,6-13H2,1-3H3. The molecule has 2 aliphatic heterocycles. The second-order valence-electron chi connectivity index (χ2n) is 7.22. The lowest BCUT2D eigenvalue weighted by molar-refractivity contribution is -0.159. The van der Waals surface area contributed by atoms with Crippen molar-refractivity contribution in [2.75, 3.05) is 53.5 Å². The van der Waals surface area contributed by atoms with Gasteiger partial charge in [0, 0.05) is 38.9 Å². The molecule has 2 amide bonds. The van der Waals surface area contributed by atoms with Gasteiger partial charge in [0.2, 0.25) is 0 Å². The minimum absolute atomic E-state index is 0.0243. The van der Waals surface area contributed by atoms with Crippen LogP contribution in [0.3, 0.4) is 0 Å². The number of aryl methyl sites for hydroxylation is 1. The second kappa shape index (κ2) is 8.27. The fraction of sp³-hybridized carbons (Fsp3) is 0.600. The molecule has 27 heavy (non-hydrogen) atoms. The van der Waals surface area contributed by atoms with Gasteiger partial charge >= 0.3 is 0 Å². The van der Waals surface area contributed by atoms with Crippen LogP contribution in [0.1, 0.15) is 28.8 Å². The smallest absolute Gasteiger partial charge is 0.255 e. The van der Waals surface area contributed by atoms with E-state index in [2.05, 4.69) is 5.32 Å². The first-order chi connectivity index (χ1) is 13.0. The van der Waals surface area contributed by atoms with Crippen LogP contribution in [0.25, 0.3) is 0 Å². The summed E-state index contributed by atoms with van der Waals surface area (Å²) in [5.41, 5.74) is 0.891. The molecule has 0 atom stereocenters. The average molecular weight is 375 g/mol. The van der Waals surface area contributed by atoms with Crippen molar-refractivity contribution in [3.8, 4) is 5.75 Å². The molecule has 2 heterocycles. The highest BCUT2D eigenvalue weighted by Gasteiger charge is 2.43. The number of nitrogens with zero attached hydrogens (tertiary/aromatic N) is 2. The Hall–Kier alpha value is -2.12. The van der Waals surface area contributed by atoms with E-state index in [0.29, 0.717) is 50.3 Å². The molecular weight excluding hydrogens is 346 g/mol. The Bertz CT molecular complexity index is 692. The SMILES string of the molecule is COc1cc(C(=O)N2CCN(C(=O)C3(OC)CCNCC3)CC2)ccc1C. The zero-order chi connectivity index (χ0) is 19.4. The molecule has 2 fully saturated rings. The number of amides is 2. The molecule has 0 spiro atoms. The molecule has 1 N–H and O–H groups in total. The summed E-state index contributed by atoms with van der Waals surface area (Å²) < 4.78 is 11.0. The van der Waals surface area contributed by atoms with Gasteiger partial charge in [0.15, 0.2) is 0 Å². The van der Waals surface area contributed by atoms with Crippen molar-refractivity contribution < 1.29 is 19.1 Å². The van der Waals surface area contributed by atoms with E-state index in [0.717, 1.165) is 18.7 Å². The average Bonchev–Trinajstić information content (AvgIpc) is 2.73. The van der Waals surface area contributed by atoms with Gasteiger partial charge in [0.1, 0.15) is 11.4 Å². The summed E-state index contributed by atoms with van der Waals surface area (Å²) in [6, 6.07) is 5.50. The topological polar surface area (TPSA) is 71.1 Å². The molecule has 7 heteroatoms. The fourth-order valence-electron chi connectivity index (χ4n) is 3.87. The summed E-state index contributed by atoms with van der Waals surface area (Å²) in [4.78, 5) is 29.5. The van der Waals surface area contributed by atoms with Crippen molar-refractivity contribution in [3.63, 3.8) is 0 Å². The van der Waals surface area contributed by atoms with E-state index in [9.17, 15) is 9.59 Å². The molecule has 0 radical (unpaired) electrons. The van der Waals surface area contributed by atoms with Crippen LogP contribution in [0.2, 0.25) is 0 Å². The number of hydrogen-bond donors (Lipinski definition) is 1. The third-order valence-electron chi connectivity index (χ3n) is 5.70. The molecule has 2 aliphatic rings. The monoisotopic (exact) mass is 375 g/mol. The molecule has 3 rings (SSSR count). The molecule has 7 nitrogen and oxygen atoms in total. The van der Waals surface area contributed by atoms with Crippen molar-refractivity contribution in [3.05, 3.63) is 29.3 Å². The molecule has 1 aromatic carbocycles. The lowest BCUT2D eigenvalue weighted by Crippen LogP contribution is -2.59. The summed E-state index contributed by atoms with van der Waals surface area (Å²) in [5.74, 6) is 0.738. The van der Waals surface area contributed by atoms with Crippen LogP contribution in [0, 0.1) is 6.92 Å². The highest BCUT2D eigenvalue weighted by atomic mass is 16.5. The van der Waals surface area contributed by atoms with Crippen LogP contribution in [0.4, 0.5) is 0 Å². The molecule has 0 aliphatic carbocycles. The summed E-state index contributed by atoms with van der Waals surface area (Å²) in [6.45, 7) is 5.64. The van der Waals surface area contributed by atoms with Crippen LogP contribution < -0.4 is 10.1 Å². The van der Waals surface area contributed by atoms with Gasteiger partial charge in [0.25, 0.3) is 11.8 Å². The minimum Gasteiger partial charge on any atom is -0.496 e. The van der Waals surface area contributed by atoms with Gasteiger partial charge in [0.05, 0.1) is 7.11 Å². The van der Waals surface area contributed by atoms with E-state index in [1.54, 1.807) is 25.2 Å². The van der Waals surface area contributed by atoms with E-state index in [-0.39, 0.29) is 11.8 Å². The number of methoxy groups -OCH3 is 2. The lowest BCUT2D eigenvalue weighted by atomic mass is 9.90. The van der Waals surface area contributed by atoms with Crippen molar-refractivity contribution in [2.45, 2.75) is 25.4 Å². The van der Waals surface area contributed by atoms with E-state index in [4.69, 9.17) is 9.47 Å². The second-order valence-corrected chi connectivity index (χ2v) is 7.22. The lowest BCUT2D eigenvalue weighted by Gasteiger charge is -2.42. The third-order valence-corrected chi connectivity index (χ3v) is 5.70. The number of nitrogens with one attached hydrogen (secondary N) is 1. The largest absolute Gasteiger partial charge is 0.496 e. The van der Waals surface area contributed by atoms with Gasteiger partial charge in [-0.1, -0.05) is 6.07 Å². The molecule has 2 saturated heterocycles. The maximum absolute atomic E-state index is 13.0. The van der Waals surface area contributed by atoms with Gasteiger partial charge in [-0.3, -0.25) is 9.59 Å². The van der Waals surface area contributed by atoms with Gasteiger partial charge in [-0.25, -0.2) is 0 Å². The van der Waals surface area contributed by atoms with E-state index in [1.807, 2.05) is 24.0 Å². The first-order valence-electron chi connectivity index (χ1n) is 9.50. The first-order valence-corrected chi connectivity index (χ1v) is 9.50. The Morgan fingerprint density at radius 3 is 2.26 bits per heavy atom. The predicted octanol–water partition coefficient (Wildman–Crippen LogP) is 1.06. The predicted molar refractivity (Wildman–Crippen MR) is 102 cm³/mol.